The van der Waals surface area contributed by atoms with E-state index in [-0.39, 0.29) is 12.8 Å². The van der Waals surface area contributed by atoms with E-state index in [4.69, 9.17) is 0 Å². The summed E-state index contributed by atoms with van der Waals surface area (Å²) in [6.07, 6.45) is 2.80. The van der Waals surface area contributed by atoms with Crippen molar-refractivity contribution in [2.45, 2.75) is 128 Å². The van der Waals surface area contributed by atoms with Gasteiger partial charge in [-0.2, -0.15) is 26.3 Å². The number of carbonyl (C=O) groups excluding carboxylic acids is 1. The van der Waals surface area contributed by atoms with Gasteiger partial charge in [-0.05, 0) is 85.0 Å². The largest absolute Gasteiger partial charge is 0.389 e. The van der Waals surface area contributed by atoms with Crippen LogP contribution in [0.4, 0.5) is 40.8 Å². The molecule has 0 aliphatic heterocycles. The number of nitrogens with one attached hydrogen (secondary N) is 1. The van der Waals surface area contributed by atoms with Crippen LogP contribution in [0.25, 0.3) is 11.1 Å². The van der Waals surface area contributed by atoms with Gasteiger partial charge in [-0.1, -0.05) is 101 Å². The third-order valence-corrected chi connectivity index (χ3v) is 8.65. The Hall–Kier alpha value is -3.43. The Morgan fingerprint density at radius 2 is 1.02 bits per heavy atom. The predicted molar refractivity (Wildman–Crippen MR) is 180 cm³/mol. The number of amides is 1. The van der Waals surface area contributed by atoms with Crippen molar-refractivity contribution in [2.24, 2.45) is 0 Å². The fourth-order valence-electron chi connectivity index (χ4n) is 5.97. The molecule has 0 atom stereocenters. The number of carbonyl (C=O) groups is 1. The third kappa shape index (κ3) is 15.8. The zero-order valence-electron chi connectivity index (χ0n) is 27.9. The minimum atomic E-state index is -4.09. The Kier molecular flexibility index (Phi) is 16.6. The highest BCUT2D eigenvalue weighted by molar-refractivity contribution is 6.04. The highest BCUT2D eigenvalue weighted by atomic mass is 19.4. The number of benzene rings is 3. The SMILES string of the molecule is O=C(Nc1ccc(-c2cc(CCCCCCCCCC(F)(F)F)ccc2CCCCCCCCCC(F)(F)F)cc1)c1c(F)cccc1F. The van der Waals surface area contributed by atoms with Gasteiger partial charge in [0.25, 0.3) is 5.91 Å². The van der Waals surface area contributed by atoms with Gasteiger partial charge < -0.3 is 5.32 Å². The molecule has 3 aromatic rings. The minimum Gasteiger partial charge on any atom is -0.322 e. The molecule has 0 aliphatic rings. The average molecular weight is 698 g/mol. The molecule has 0 saturated carbocycles. The van der Waals surface area contributed by atoms with Crippen LogP contribution in [-0.2, 0) is 12.8 Å². The van der Waals surface area contributed by atoms with Crippen molar-refractivity contribution in [3.05, 3.63) is 89.0 Å². The molecule has 1 N–H and O–H groups in total. The average Bonchev–Trinajstić information content (AvgIpc) is 3.03. The monoisotopic (exact) mass is 697 g/mol. The fraction of sp³-hybridized carbons (Fsp3) is 0.513. The summed E-state index contributed by atoms with van der Waals surface area (Å²) in [4.78, 5) is 12.6. The van der Waals surface area contributed by atoms with Gasteiger partial charge in [-0.15, -0.1) is 0 Å². The van der Waals surface area contributed by atoms with Gasteiger partial charge in [-0.3, -0.25) is 4.79 Å². The summed E-state index contributed by atoms with van der Waals surface area (Å²) in [6.45, 7) is 0. The summed E-state index contributed by atoms with van der Waals surface area (Å²) >= 11 is 0. The lowest BCUT2D eigenvalue weighted by molar-refractivity contribution is -0.136. The molecule has 0 aliphatic carbocycles. The first-order valence-electron chi connectivity index (χ1n) is 17.4. The van der Waals surface area contributed by atoms with E-state index in [1.165, 1.54) is 6.07 Å². The molecule has 0 unspecified atom stereocenters. The minimum absolute atomic E-state index is 0.174. The molecule has 49 heavy (non-hydrogen) atoms. The van der Waals surface area contributed by atoms with E-state index in [0.29, 0.717) is 18.5 Å². The molecule has 0 fully saturated rings. The van der Waals surface area contributed by atoms with Crippen LogP contribution in [0.2, 0.25) is 0 Å². The van der Waals surface area contributed by atoms with E-state index in [1.54, 1.807) is 12.1 Å². The fourth-order valence-corrected chi connectivity index (χ4v) is 5.97. The normalized spacial score (nSPS) is 12.0. The number of alkyl halides is 6. The highest BCUT2D eigenvalue weighted by Gasteiger charge is 2.26. The zero-order chi connectivity index (χ0) is 35.7. The quantitative estimate of drug-likeness (QED) is 0.0871. The van der Waals surface area contributed by atoms with Gasteiger partial charge in [0.15, 0.2) is 0 Å². The van der Waals surface area contributed by atoms with Crippen LogP contribution < -0.4 is 5.32 Å². The maximum absolute atomic E-state index is 14.1. The van der Waals surface area contributed by atoms with Crippen molar-refractivity contribution in [3.8, 4) is 11.1 Å². The van der Waals surface area contributed by atoms with Crippen LogP contribution in [-0.4, -0.2) is 18.3 Å². The summed E-state index contributed by atoms with van der Waals surface area (Å²) in [5.74, 6) is -2.77. The van der Waals surface area contributed by atoms with E-state index in [0.717, 1.165) is 111 Å². The highest BCUT2D eigenvalue weighted by Crippen LogP contribution is 2.30. The summed E-state index contributed by atoms with van der Waals surface area (Å²) in [7, 11) is 0. The number of aryl methyl sites for hydroxylation is 2. The maximum Gasteiger partial charge on any atom is 0.389 e. The lowest BCUT2D eigenvalue weighted by Gasteiger charge is -2.14. The van der Waals surface area contributed by atoms with Crippen molar-refractivity contribution in [1.29, 1.82) is 0 Å². The predicted octanol–water partition coefficient (Wildman–Crippen LogP) is 13.3. The smallest absolute Gasteiger partial charge is 0.322 e. The van der Waals surface area contributed by atoms with Crippen LogP contribution in [0.3, 0.4) is 0 Å². The zero-order valence-corrected chi connectivity index (χ0v) is 27.9. The van der Waals surface area contributed by atoms with E-state index >= 15 is 0 Å². The molecule has 2 nitrogen and oxygen atoms in total. The van der Waals surface area contributed by atoms with E-state index < -0.39 is 48.3 Å². The van der Waals surface area contributed by atoms with Gasteiger partial charge in [0.2, 0.25) is 0 Å². The van der Waals surface area contributed by atoms with Gasteiger partial charge in [0.05, 0.1) is 0 Å². The van der Waals surface area contributed by atoms with E-state index in [1.807, 2.05) is 12.1 Å². The van der Waals surface area contributed by atoms with Crippen molar-refractivity contribution >= 4 is 11.6 Å². The summed E-state index contributed by atoms with van der Waals surface area (Å²) in [5.41, 5.74) is 4.03. The van der Waals surface area contributed by atoms with Crippen LogP contribution in [0.5, 0.6) is 0 Å². The molecule has 0 heterocycles. The third-order valence-electron chi connectivity index (χ3n) is 8.65. The molecule has 10 heteroatoms. The van der Waals surface area contributed by atoms with Crippen molar-refractivity contribution in [3.63, 3.8) is 0 Å². The van der Waals surface area contributed by atoms with Crippen LogP contribution in [0, 0.1) is 11.6 Å². The van der Waals surface area contributed by atoms with Gasteiger partial charge in [-0.25, -0.2) is 8.78 Å². The van der Waals surface area contributed by atoms with Crippen LogP contribution >= 0.6 is 0 Å². The molecule has 1 amide bonds. The lowest BCUT2D eigenvalue weighted by Crippen LogP contribution is -2.15. The molecular weight excluding hydrogens is 650 g/mol. The summed E-state index contributed by atoms with van der Waals surface area (Å²) in [5, 5.41) is 2.56. The molecule has 3 rings (SSSR count). The second kappa shape index (κ2) is 20.3. The lowest BCUT2D eigenvalue weighted by atomic mass is 9.92. The molecule has 3 aromatic carbocycles. The first-order chi connectivity index (χ1) is 23.3. The Morgan fingerprint density at radius 1 is 0.551 bits per heavy atom. The number of rotatable bonds is 21. The Balaban J connectivity index is 1.57. The van der Waals surface area contributed by atoms with E-state index in [2.05, 4.69) is 23.5 Å². The number of anilines is 1. The Labute approximate surface area is 284 Å². The molecule has 270 valence electrons. The van der Waals surface area contributed by atoms with Crippen molar-refractivity contribution < 1.29 is 39.9 Å². The summed E-state index contributed by atoms with van der Waals surface area (Å²) in [6, 6.07) is 16.7. The first-order valence-corrected chi connectivity index (χ1v) is 17.4. The Bertz CT molecular complexity index is 1400. The van der Waals surface area contributed by atoms with E-state index in [9.17, 15) is 39.9 Å². The number of unbranched alkanes of at least 4 members (excludes halogenated alkanes) is 12. The van der Waals surface area contributed by atoms with Gasteiger partial charge >= 0.3 is 12.4 Å². The molecule has 0 radical (unpaired) electrons. The number of hydrogen-bond acceptors (Lipinski definition) is 1. The van der Waals surface area contributed by atoms with Crippen molar-refractivity contribution in [2.75, 3.05) is 5.32 Å². The molecule has 0 saturated heterocycles. The maximum atomic E-state index is 14.1. The molecular formula is C39H47F8NO. The summed E-state index contributed by atoms with van der Waals surface area (Å²) < 4.78 is 102. The molecule has 0 bridgehead atoms. The van der Waals surface area contributed by atoms with Crippen molar-refractivity contribution in [1.82, 2.24) is 0 Å². The number of halogens is 8. The van der Waals surface area contributed by atoms with Crippen LogP contribution in [0.1, 0.15) is 124 Å². The second-order valence-corrected chi connectivity index (χ2v) is 12.8. The Morgan fingerprint density at radius 3 is 1.53 bits per heavy atom. The molecule has 0 aromatic heterocycles. The topological polar surface area (TPSA) is 29.1 Å². The second-order valence-electron chi connectivity index (χ2n) is 12.8. The van der Waals surface area contributed by atoms with Gasteiger partial charge in [0.1, 0.15) is 17.2 Å². The first kappa shape index (κ1) is 40.0. The number of hydrogen-bond donors (Lipinski definition) is 1. The standard InChI is InChI=1S/C39H47F8NO/c40-34-18-15-19-35(41)36(34)37(49)48-32-24-22-31(23-25-32)33-28-29(16-11-7-3-1-5-9-13-26-38(42,43)44)20-21-30(33)17-12-8-4-2-6-10-14-27-39(45,46)47/h15,18-25,28H,1-14,16-17,26-27H2,(H,48,49). The van der Waals surface area contributed by atoms with Gasteiger partial charge in [0, 0.05) is 18.5 Å². The van der Waals surface area contributed by atoms with Crippen LogP contribution in [0.15, 0.2) is 60.7 Å². The molecule has 0 spiro atoms.